The molecule has 0 N–H and O–H groups in total. The van der Waals surface area contributed by atoms with Gasteiger partial charge in [-0.25, -0.2) is 0 Å². The molecule has 0 bridgehead atoms. The van der Waals surface area contributed by atoms with Crippen molar-refractivity contribution in [2.45, 2.75) is 0 Å². The predicted molar refractivity (Wildman–Crippen MR) is 126 cm³/mol. The van der Waals surface area contributed by atoms with Crippen molar-refractivity contribution in [1.29, 1.82) is 0 Å². The molecule has 3 rings (SSSR count). The van der Waals surface area contributed by atoms with Gasteiger partial charge in [-0.15, -0.1) is 0 Å². The van der Waals surface area contributed by atoms with E-state index < -0.39 is 17.0 Å². The summed E-state index contributed by atoms with van der Waals surface area (Å²) in [4.78, 5) is 0. The van der Waals surface area contributed by atoms with E-state index in [-0.39, 0.29) is 0 Å². The van der Waals surface area contributed by atoms with Crippen LogP contribution in [0.15, 0.2) is 48.5 Å². The molecule has 0 aromatic heterocycles. The zero-order chi connectivity index (χ0) is 21.6. The normalized spacial score (nSPS) is 10.1. The van der Waals surface area contributed by atoms with Crippen molar-refractivity contribution in [3.63, 3.8) is 0 Å². The van der Waals surface area contributed by atoms with E-state index in [1.165, 1.54) is 0 Å². The van der Waals surface area contributed by atoms with E-state index in [1.807, 2.05) is 12.1 Å². The quantitative estimate of drug-likeness (QED) is 0.273. The standard InChI is InChI=1S/C18H8Cl6N2.2ClH.Ti/c19-9-5-11(21)17(12(22)6-9)25-15-3-1-2-4-16(15)26-18-13(23)7-10(20)8-14(18)24;;;/h1-8H;2*1H;/q-2;;;+2/p-2. The average Bonchev–Trinajstić information content (AvgIpc) is 2.62. The summed E-state index contributed by atoms with van der Waals surface area (Å²) in [6.45, 7) is 0. The van der Waals surface area contributed by atoms with E-state index in [0.29, 0.717) is 52.9 Å². The molecule has 0 radical (unpaired) electrons. The summed E-state index contributed by atoms with van der Waals surface area (Å²) in [6, 6.07) is 13.5. The SMILES string of the molecule is Clc1cc(Cl)c([N-]c2ccccc2[N-]c2c(Cl)cc(Cl)cc2Cl)c(Cl)c1.[Cl][Ti][Cl]. The van der Waals surface area contributed by atoms with Crippen LogP contribution in [0.3, 0.4) is 0 Å². The number of hydrogen-bond donors (Lipinski definition) is 0. The first kappa shape index (κ1) is 25.6. The zero-order valence-electron chi connectivity index (χ0n) is 14.0. The van der Waals surface area contributed by atoms with Crippen molar-refractivity contribution in [2.24, 2.45) is 0 Å². The first-order valence-corrected chi connectivity index (χ1v) is 14.1. The molecule has 0 amide bonds. The van der Waals surface area contributed by atoms with E-state index in [1.54, 1.807) is 36.4 Å². The Morgan fingerprint density at radius 2 is 0.828 bits per heavy atom. The van der Waals surface area contributed by atoms with Crippen molar-refractivity contribution in [3.05, 3.63) is 89.3 Å². The van der Waals surface area contributed by atoms with Crippen molar-refractivity contribution in [2.75, 3.05) is 0 Å². The van der Waals surface area contributed by atoms with E-state index in [2.05, 4.69) is 10.6 Å². The first-order valence-electron chi connectivity index (χ1n) is 7.54. The second-order valence-electron chi connectivity index (χ2n) is 5.22. The van der Waals surface area contributed by atoms with Gasteiger partial charge in [0, 0.05) is 30.1 Å². The monoisotopic (exact) mass is 580 g/mol. The van der Waals surface area contributed by atoms with Crippen molar-refractivity contribution in [3.8, 4) is 0 Å². The number of benzene rings is 3. The molecule has 0 aliphatic carbocycles. The van der Waals surface area contributed by atoms with Gasteiger partial charge in [0.05, 0.1) is 0 Å². The molecule has 11 heteroatoms. The molecule has 0 unspecified atom stereocenters. The van der Waals surface area contributed by atoms with Gasteiger partial charge in [-0.2, -0.15) is 11.4 Å². The second-order valence-corrected chi connectivity index (χ2v) is 10.3. The van der Waals surface area contributed by atoms with Crippen LogP contribution < -0.4 is 0 Å². The van der Waals surface area contributed by atoms with Crippen molar-refractivity contribution in [1.82, 2.24) is 0 Å². The molecule has 0 saturated heterocycles. The Labute approximate surface area is 215 Å². The van der Waals surface area contributed by atoms with E-state index in [0.717, 1.165) is 0 Å². The van der Waals surface area contributed by atoms with Crippen LogP contribution in [0.5, 0.6) is 0 Å². The summed E-state index contributed by atoms with van der Waals surface area (Å²) in [7, 11) is 9.78. The topological polar surface area (TPSA) is 28.2 Å². The molecule has 0 fully saturated rings. The molecular formula is C18H8Cl8N2Ti-2. The van der Waals surface area contributed by atoms with E-state index in [9.17, 15) is 0 Å². The van der Waals surface area contributed by atoms with Gasteiger partial charge >= 0.3 is 35.6 Å². The van der Waals surface area contributed by atoms with Crippen LogP contribution in [-0.2, 0) is 17.0 Å². The van der Waals surface area contributed by atoms with Gasteiger partial charge in [0.1, 0.15) is 0 Å². The predicted octanol–water partition coefficient (Wildman–Crippen LogP) is 11.7. The molecule has 2 nitrogen and oxygen atoms in total. The number of halogens is 8. The van der Waals surface area contributed by atoms with Crippen LogP contribution in [0.4, 0.5) is 22.7 Å². The fourth-order valence-electron chi connectivity index (χ4n) is 2.18. The van der Waals surface area contributed by atoms with Gasteiger partial charge in [0.15, 0.2) is 0 Å². The van der Waals surface area contributed by atoms with Gasteiger partial charge in [0.25, 0.3) is 0 Å². The Morgan fingerprint density at radius 1 is 0.552 bits per heavy atom. The Kier molecular flexibility index (Phi) is 10.9. The zero-order valence-corrected chi connectivity index (χ0v) is 21.6. The third kappa shape index (κ3) is 7.44. The van der Waals surface area contributed by atoms with Crippen LogP contribution >= 0.6 is 88.2 Å². The average molecular weight is 584 g/mol. The summed E-state index contributed by atoms with van der Waals surface area (Å²) in [6.07, 6.45) is 0. The maximum absolute atomic E-state index is 6.21. The van der Waals surface area contributed by atoms with Gasteiger partial charge in [-0.1, -0.05) is 105 Å². The molecule has 0 atom stereocenters. The summed E-state index contributed by atoms with van der Waals surface area (Å²) in [5, 5.41) is 11.2. The van der Waals surface area contributed by atoms with Crippen LogP contribution in [0.1, 0.15) is 0 Å². The molecule has 3 aromatic carbocycles. The molecule has 152 valence electrons. The Morgan fingerprint density at radius 3 is 1.10 bits per heavy atom. The van der Waals surface area contributed by atoms with Crippen LogP contribution in [0.2, 0.25) is 30.1 Å². The third-order valence-electron chi connectivity index (χ3n) is 3.31. The van der Waals surface area contributed by atoms with Crippen LogP contribution in [-0.4, -0.2) is 0 Å². The summed E-state index contributed by atoms with van der Waals surface area (Å²) in [5.41, 5.74) is 1.88. The summed E-state index contributed by atoms with van der Waals surface area (Å²) in [5.74, 6) is 0. The fraction of sp³-hybridized carbons (Fsp3) is 0. The third-order valence-corrected chi connectivity index (χ3v) is 4.90. The molecule has 0 heterocycles. The fourth-order valence-corrected chi connectivity index (χ4v) is 3.98. The minimum atomic E-state index is -0.556. The minimum absolute atomic E-state index is 0.333. The van der Waals surface area contributed by atoms with Gasteiger partial charge in [-0.05, 0) is 24.3 Å². The van der Waals surface area contributed by atoms with Gasteiger partial charge < -0.3 is 10.6 Å². The van der Waals surface area contributed by atoms with Crippen molar-refractivity contribution >= 4 is 111 Å². The van der Waals surface area contributed by atoms with Gasteiger partial charge in [0.2, 0.25) is 0 Å². The Balaban J connectivity index is 0.000000941. The summed E-state index contributed by atoms with van der Waals surface area (Å²) < 4.78 is 0. The number of nitrogens with zero attached hydrogens (tertiary/aromatic N) is 2. The molecule has 0 spiro atoms. The molecule has 29 heavy (non-hydrogen) atoms. The van der Waals surface area contributed by atoms with Gasteiger partial charge in [-0.3, -0.25) is 0 Å². The number of para-hydroxylation sites is 2. The summed E-state index contributed by atoms with van der Waals surface area (Å²) >= 11 is 36.2. The molecule has 0 saturated carbocycles. The first-order chi connectivity index (χ1) is 13.8. The molecule has 3 aromatic rings. The molecular weight excluding hydrogens is 576 g/mol. The van der Waals surface area contributed by atoms with Crippen LogP contribution in [0.25, 0.3) is 10.6 Å². The Bertz CT molecular complexity index is 875. The molecule has 0 aliphatic rings. The van der Waals surface area contributed by atoms with E-state index >= 15 is 0 Å². The maximum atomic E-state index is 6.21. The van der Waals surface area contributed by atoms with Crippen LogP contribution in [0, 0.1) is 0 Å². The number of hydrogen-bond acceptors (Lipinski definition) is 0. The number of rotatable bonds is 4. The van der Waals surface area contributed by atoms with E-state index in [4.69, 9.17) is 88.2 Å². The van der Waals surface area contributed by atoms with Crippen molar-refractivity contribution < 1.29 is 17.0 Å². The molecule has 0 aliphatic heterocycles. The Hall–Kier alpha value is 0.294. The second kappa shape index (κ2) is 12.4.